The van der Waals surface area contributed by atoms with Gasteiger partial charge in [-0.25, -0.2) is 0 Å². The number of pyridine rings is 1. The molecular weight excluding hydrogens is 300 g/mol. The minimum Gasteiger partial charge on any atom is -0.354 e. The van der Waals surface area contributed by atoms with Crippen LogP contribution in [0.1, 0.15) is 35.4 Å². The summed E-state index contributed by atoms with van der Waals surface area (Å²) in [5.74, 6) is 0.235. The third-order valence-corrected chi connectivity index (χ3v) is 4.22. The van der Waals surface area contributed by atoms with Crippen molar-refractivity contribution in [1.82, 2.24) is 9.88 Å². The van der Waals surface area contributed by atoms with E-state index in [1.165, 1.54) is 0 Å². The van der Waals surface area contributed by atoms with Crippen LogP contribution in [-0.4, -0.2) is 22.3 Å². The summed E-state index contributed by atoms with van der Waals surface area (Å²) in [6, 6.07) is 12.1. The minimum atomic E-state index is 0.235. The predicted octanol–water partition coefficient (Wildman–Crippen LogP) is 3.44. The molecule has 5 nitrogen and oxygen atoms in total. The zero-order valence-corrected chi connectivity index (χ0v) is 14.0. The first-order chi connectivity index (χ1) is 11.6. The number of benzene rings is 1. The first kappa shape index (κ1) is 16.0. The molecule has 0 spiro atoms. The average molecular weight is 320 g/mol. The molecule has 2 heterocycles. The van der Waals surface area contributed by atoms with Gasteiger partial charge in [-0.15, -0.1) is 0 Å². The number of rotatable bonds is 4. The molecule has 1 amide bonds. The fraction of sp³-hybridized carbons (Fsp3) is 0.316. The van der Waals surface area contributed by atoms with Crippen molar-refractivity contribution in [2.75, 3.05) is 11.9 Å². The van der Waals surface area contributed by atoms with Crippen LogP contribution in [0.15, 0.2) is 30.3 Å². The Labute approximate surface area is 141 Å². The Morgan fingerprint density at radius 3 is 2.67 bits per heavy atom. The second-order valence-corrected chi connectivity index (χ2v) is 6.12. The molecule has 3 rings (SSSR count). The van der Waals surface area contributed by atoms with E-state index in [1.54, 1.807) is 0 Å². The predicted molar refractivity (Wildman–Crippen MR) is 92.8 cm³/mol. The lowest BCUT2D eigenvalue weighted by atomic mass is 10.1. The first-order valence-corrected chi connectivity index (χ1v) is 8.09. The molecule has 0 aliphatic carbocycles. The van der Waals surface area contributed by atoms with Crippen molar-refractivity contribution >= 4 is 17.3 Å². The molecule has 0 saturated carbocycles. The maximum Gasteiger partial charge on any atom is 0.222 e. The molecule has 0 radical (unpaired) electrons. The van der Waals surface area contributed by atoms with Crippen molar-refractivity contribution in [3.05, 3.63) is 52.8 Å². The number of nitrogens with zero attached hydrogens (tertiary/aromatic N) is 3. The summed E-state index contributed by atoms with van der Waals surface area (Å²) in [6.45, 7) is 5.26. The van der Waals surface area contributed by atoms with E-state index < -0.39 is 0 Å². The Morgan fingerprint density at radius 2 is 2.04 bits per heavy atom. The van der Waals surface area contributed by atoms with E-state index in [-0.39, 0.29) is 5.91 Å². The van der Waals surface area contributed by atoms with Crippen molar-refractivity contribution in [2.45, 2.75) is 33.2 Å². The highest BCUT2D eigenvalue weighted by atomic mass is 16.2. The zero-order valence-electron chi connectivity index (χ0n) is 14.0. The van der Waals surface area contributed by atoms with Gasteiger partial charge in [0.2, 0.25) is 5.91 Å². The fourth-order valence-electron chi connectivity index (χ4n) is 3.01. The SMILES string of the molecule is Cc1cc(Nc2ccc(CN3CCCC3=O)cc2)c(C#N)c(C)n1. The number of hydrogen-bond acceptors (Lipinski definition) is 4. The van der Waals surface area contributed by atoms with Gasteiger partial charge in [0.15, 0.2) is 0 Å². The Kier molecular flexibility index (Phi) is 4.48. The molecule has 0 atom stereocenters. The number of carbonyl (C=O) groups excluding carboxylic acids is 1. The number of anilines is 2. The molecule has 122 valence electrons. The monoisotopic (exact) mass is 320 g/mol. The number of likely N-dealkylation sites (tertiary alicyclic amines) is 1. The standard InChI is InChI=1S/C19H20N4O/c1-13-10-18(17(11-20)14(2)21-13)22-16-7-5-15(6-8-16)12-23-9-3-4-19(23)24/h5-8,10H,3-4,9,12H2,1-2H3,(H,21,22). The van der Waals surface area contributed by atoms with Gasteiger partial charge >= 0.3 is 0 Å². The zero-order chi connectivity index (χ0) is 17.1. The van der Waals surface area contributed by atoms with Crippen LogP contribution in [0, 0.1) is 25.2 Å². The van der Waals surface area contributed by atoms with Crippen LogP contribution in [0.5, 0.6) is 0 Å². The van der Waals surface area contributed by atoms with Crippen molar-refractivity contribution in [3.8, 4) is 6.07 Å². The van der Waals surface area contributed by atoms with Gasteiger partial charge in [0, 0.05) is 30.9 Å². The second kappa shape index (κ2) is 6.71. The molecule has 1 saturated heterocycles. The molecule has 0 bridgehead atoms. The van der Waals surface area contributed by atoms with Gasteiger partial charge in [-0.3, -0.25) is 9.78 Å². The quantitative estimate of drug-likeness (QED) is 0.937. The largest absolute Gasteiger partial charge is 0.354 e. The lowest BCUT2D eigenvalue weighted by molar-refractivity contribution is -0.128. The van der Waals surface area contributed by atoms with E-state index in [9.17, 15) is 10.1 Å². The number of aromatic nitrogens is 1. The topological polar surface area (TPSA) is 69.0 Å². The van der Waals surface area contributed by atoms with E-state index >= 15 is 0 Å². The number of nitriles is 1. The molecule has 5 heteroatoms. The Bertz CT molecular complexity index is 805. The average Bonchev–Trinajstić information content (AvgIpc) is 2.94. The molecule has 24 heavy (non-hydrogen) atoms. The molecule has 1 N–H and O–H groups in total. The van der Waals surface area contributed by atoms with Crippen molar-refractivity contribution in [1.29, 1.82) is 5.26 Å². The molecule has 1 aliphatic rings. The van der Waals surface area contributed by atoms with Crippen LogP contribution in [-0.2, 0) is 11.3 Å². The summed E-state index contributed by atoms with van der Waals surface area (Å²) < 4.78 is 0. The number of aryl methyl sites for hydroxylation is 2. The Balaban J connectivity index is 1.75. The fourth-order valence-corrected chi connectivity index (χ4v) is 3.01. The van der Waals surface area contributed by atoms with E-state index in [1.807, 2.05) is 49.1 Å². The van der Waals surface area contributed by atoms with Gasteiger partial charge in [-0.05, 0) is 44.0 Å². The van der Waals surface area contributed by atoms with Crippen LogP contribution in [0.2, 0.25) is 0 Å². The highest BCUT2D eigenvalue weighted by Crippen LogP contribution is 2.24. The van der Waals surface area contributed by atoms with Crippen LogP contribution >= 0.6 is 0 Å². The molecule has 1 aliphatic heterocycles. The van der Waals surface area contributed by atoms with Crippen molar-refractivity contribution < 1.29 is 4.79 Å². The van der Waals surface area contributed by atoms with Crippen LogP contribution in [0.4, 0.5) is 11.4 Å². The summed E-state index contributed by atoms with van der Waals surface area (Å²) in [5, 5.41) is 12.6. The normalized spacial score (nSPS) is 13.9. The van der Waals surface area contributed by atoms with Gasteiger partial charge in [-0.2, -0.15) is 5.26 Å². The summed E-state index contributed by atoms with van der Waals surface area (Å²) in [7, 11) is 0. The first-order valence-electron chi connectivity index (χ1n) is 8.09. The number of nitrogens with one attached hydrogen (secondary N) is 1. The van der Waals surface area contributed by atoms with E-state index in [4.69, 9.17) is 0 Å². The van der Waals surface area contributed by atoms with Crippen molar-refractivity contribution in [2.24, 2.45) is 0 Å². The smallest absolute Gasteiger partial charge is 0.222 e. The molecule has 0 unspecified atom stereocenters. The molecule has 1 aromatic heterocycles. The number of amides is 1. The van der Waals surface area contributed by atoms with Crippen LogP contribution < -0.4 is 5.32 Å². The Morgan fingerprint density at radius 1 is 1.29 bits per heavy atom. The highest BCUT2D eigenvalue weighted by molar-refractivity contribution is 5.78. The summed E-state index contributed by atoms with van der Waals surface area (Å²) >= 11 is 0. The Hall–Kier alpha value is -2.87. The van der Waals surface area contributed by atoms with E-state index in [0.717, 1.165) is 41.3 Å². The van der Waals surface area contributed by atoms with Gasteiger partial charge in [0.05, 0.1) is 16.9 Å². The lowest BCUT2D eigenvalue weighted by Crippen LogP contribution is -2.23. The summed E-state index contributed by atoms with van der Waals surface area (Å²) in [4.78, 5) is 17.9. The third kappa shape index (κ3) is 3.38. The molecule has 1 fully saturated rings. The minimum absolute atomic E-state index is 0.235. The van der Waals surface area contributed by atoms with Gasteiger partial charge < -0.3 is 10.2 Å². The van der Waals surface area contributed by atoms with Crippen molar-refractivity contribution in [3.63, 3.8) is 0 Å². The molecule has 1 aromatic carbocycles. The van der Waals surface area contributed by atoms with Gasteiger partial charge in [-0.1, -0.05) is 12.1 Å². The summed E-state index contributed by atoms with van der Waals surface area (Å²) in [6.07, 6.45) is 1.62. The maximum atomic E-state index is 11.7. The lowest BCUT2D eigenvalue weighted by Gasteiger charge is -2.16. The number of hydrogen-bond donors (Lipinski definition) is 1. The third-order valence-electron chi connectivity index (χ3n) is 4.22. The molecule has 2 aromatic rings. The highest BCUT2D eigenvalue weighted by Gasteiger charge is 2.19. The second-order valence-electron chi connectivity index (χ2n) is 6.12. The number of carbonyl (C=O) groups is 1. The van der Waals surface area contributed by atoms with Gasteiger partial charge in [0.1, 0.15) is 6.07 Å². The molecular formula is C19H20N4O. The van der Waals surface area contributed by atoms with Crippen LogP contribution in [0.25, 0.3) is 0 Å². The summed E-state index contributed by atoms with van der Waals surface area (Å²) in [5.41, 5.74) is 4.95. The van der Waals surface area contributed by atoms with E-state index in [2.05, 4.69) is 16.4 Å². The van der Waals surface area contributed by atoms with E-state index in [0.29, 0.717) is 18.5 Å². The maximum absolute atomic E-state index is 11.7. The van der Waals surface area contributed by atoms with Crippen LogP contribution in [0.3, 0.4) is 0 Å². The van der Waals surface area contributed by atoms with Gasteiger partial charge in [0.25, 0.3) is 0 Å².